The molecule has 0 aliphatic heterocycles. The number of aromatic nitrogens is 2. The van der Waals surface area contributed by atoms with Crippen LogP contribution in [-0.2, 0) is 0 Å². The van der Waals surface area contributed by atoms with Crippen molar-refractivity contribution >= 4 is 28.3 Å². The van der Waals surface area contributed by atoms with Gasteiger partial charge in [0.25, 0.3) is 5.91 Å². The van der Waals surface area contributed by atoms with Crippen molar-refractivity contribution in [3.63, 3.8) is 0 Å². The van der Waals surface area contributed by atoms with E-state index in [-0.39, 0.29) is 11.7 Å². The predicted molar refractivity (Wildman–Crippen MR) is 109 cm³/mol. The molecule has 138 valence electrons. The summed E-state index contributed by atoms with van der Waals surface area (Å²) in [7, 11) is 1.75. The highest BCUT2D eigenvalue weighted by Gasteiger charge is 2.13. The van der Waals surface area contributed by atoms with E-state index in [1.54, 1.807) is 49.5 Å². The van der Waals surface area contributed by atoms with Crippen LogP contribution in [0.1, 0.15) is 10.4 Å². The third-order valence-electron chi connectivity index (χ3n) is 4.34. The monoisotopic (exact) mass is 372 g/mol. The van der Waals surface area contributed by atoms with Gasteiger partial charge in [0.2, 0.25) is 0 Å². The first-order chi connectivity index (χ1) is 13.7. The van der Waals surface area contributed by atoms with Crippen LogP contribution in [0.25, 0.3) is 22.3 Å². The maximum atomic E-state index is 14.2. The van der Waals surface area contributed by atoms with Crippen LogP contribution >= 0.6 is 0 Å². The Hall–Kier alpha value is -3.80. The quantitative estimate of drug-likeness (QED) is 0.543. The summed E-state index contributed by atoms with van der Waals surface area (Å²) in [6.45, 7) is 0. The Labute approximate surface area is 161 Å². The number of halogens is 1. The lowest BCUT2D eigenvalue weighted by atomic mass is 10.1. The molecule has 0 aliphatic rings. The third-order valence-corrected chi connectivity index (χ3v) is 4.34. The molecule has 3 aromatic carbocycles. The fraction of sp³-hybridized carbons (Fsp3) is 0.0455. The van der Waals surface area contributed by atoms with Crippen LogP contribution in [0.3, 0.4) is 0 Å². The van der Waals surface area contributed by atoms with Crippen molar-refractivity contribution < 1.29 is 9.18 Å². The molecule has 1 heterocycles. The lowest BCUT2D eigenvalue weighted by molar-refractivity contribution is 0.102. The summed E-state index contributed by atoms with van der Waals surface area (Å²) >= 11 is 0. The molecule has 0 aliphatic carbocycles. The number of amides is 1. The minimum absolute atomic E-state index is 0.211. The molecule has 4 rings (SSSR count). The summed E-state index contributed by atoms with van der Waals surface area (Å²) in [6.07, 6.45) is 0. The van der Waals surface area contributed by atoms with E-state index in [4.69, 9.17) is 0 Å². The fourth-order valence-electron chi connectivity index (χ4n) is 2.95. The Morgan fingerprint density at radius 1 is 0.929 bits per heavy atom. The molecule has 0 fully saturated rings. The van der Waals surface area contributed by atoms with Crippen LogP contribution in [0.2, 0.25) is 0 Å². The lowest BCUT2D eigenvalue weighted by Gasteiger charge is -2.11. The summed E-state index contributed by atoms with van der Waals surface area (Å²) in [6, 6.07) is 20.7. The number of rotatable bonds is 4. The largest absolute Gasteiger partial charge is 0.373 e. The number of fused-ring (bicyclic) bond motifs is 1. The molecule has 2 N–H and O–H groups in total. The number of benzene rings is 3. The molecule has 1 amide bonds. The first-order valence-corrected chi connectivity index (χ1v) is 8.76. The highest BCUT2D eigenvalue weighted by Crippen LogP contribution is 2.28. The summed E-state index contributed by atoms with van der Waals surface area (Å²) in [5.74, 6) is 0.264. The molecule has 0 spiro atoms. The molecule has 0 atom stereocenters. The standard InChI is InChI=1S/C22H17FN4O/c1-24-20-17-12-11-15(25-22(28)14-7-3-2-4-8-14)13-19(17)26-21(27-20)16-9-5-6-10-18(16)23/h2-13H,1H3,(H,25,28)(H,24,26,27). The van der Waals surface area contributed by atoms with Crippen molar-refractivity contribution in [3.8, 4) is 11.4 Å². The average molecular weight is 372 g/mol. The van der Waals surface area contributed by atoms with Crippen LogP contribution in [-0.4, -0.2) is 22.9 Å². The van der Waals surface area contributed by atoms with Crippen LogP contribution in [0.5, 0.6) is 0 Å². The van der Waals surface area contributed by atoms with Crippen molar-refractivity contribution in [2.75, 3.05) is 17.7 Å². The molecule has 28 heavy (non-hydrogen) atoms. The Kier molecular flexibility index (Phi) is 4.68. The number of nitrogens with zero attached hydrogens (tertiary/aromatic N) is 2. The van der Waals surface area contributed by atoms with Crippen molar-refractivity contribution in [1.29, 1.82) is 0 Å². The summed E-state index contributed by atoms with van der Waals surface area (Å²) in [5.41, 5.74) is 2.08. The summed E-state index contributed by atoms with van der Waals surface area (Å²) in [5, 5.41) is 6.67. The van der Waals surface area contributed by atoms with Gasteiger partial charge in [-0.05, 0) is 42.5 Å². The highest BCUT2D eigenvalue weighted by atomic mass is 19.1. The summed E-state index contributed by atoms with van der Waals surface area (Å²) in [4.78, 5) is 21.4. The molecule has 5 nitrogen and oxygen atoms in total. The van der Waals surface area contributed by atoms with Gasteiger partial charge < -0.3 is 10.6 Å². The Morgan fingerprint density at radius 2 is 1.68 bits per heavy atom. The van der Waals surface area contributed by atoms with E-state index >= 15 is 0 Å². The average Bonchev–Trinajstić information content (AvgIpc) is 2.73. The number of hydrogen-bond acceptors (Lipinski definition) is 4. The van der Waals surface area contributed by atoms with Crippen LogP contribution in [0, 0.1) is 5.82 Å². The number of anilines is 2. The summed E-state index contributed by atoms with van der Waals surface area (Å²) < 4.78 is 14.2. The third kappa shape index (κ3) is 3.40. The zero-order valence-electron chi connectivity index (χ0n) is 15.1. The smallest absolute Gasteiger partial charge is 0.255 e. The molecule has 0 radical (unpaired) electrons. The molecule has 6 heteroatoms. The van der Waals surface area contributed by atoms with E-state index in [0.29, 0.717) is 28.1 Å². The van der Waals surface area contributed by atoms with Gasteiger partial charge in [-0.1, -0.05) is 30.3 Å². The number of carbonyl (C=O) groups is 1. The molecular formula is C22H17FN4O. The van der Waals surface area contributed by atoms with Gasteiger partial charge >= 0.3 is 0 Å². The maximum Gasteiger partial charge on any atom is 0.255 e. The molecule has 0 unspecified atom stereocenters. The first kappa shape index (κ1) is 17.6. The molecule has 0 saturated heterocycles. The molecular weight excluding hydrogens is 355 g/mol. The second kappa shape index (κ2) is 7.44. The van der Waals surface area contributed by atoms with Gasteiger partial charge in [0.15, 0.2) is 5.82 Å². The first-order valence-electron chi connectivity index (χ1n) is 8.76. The van der Waals surface area contributed by atoms with Gasteiger partial charge in [-0.25, -0.2) is 14.4 Å². The second-order valence-corrected chi connectivity index (χ2v) is 6.18. The molecule has 4 aromatic rings. The zero-order valence-corrected chi connectivity index (χ0v) is 15.1. The molecule has 1 aromatic heterocycles. The van der Waals surface area contributed by atoms with E-state index in [0.717, 1.165) is 5.39 Å². The highest BCUT2D eigenvalue weighted by molar-refractivity contribution is 6.05. The van der Waals surface area contributed by atoms with E-state index in [1.807, 2.05) is 24.3 Å². The van der Waals surface area contributed by atoms with E-state index < -0.39 is 5.82 Å². The van der Waals surface area contributed by atoms with Crippen molar-refractivity contribution in [2.24, 2.45) is 0 Å². The SMILES string of the molecule is CNc1nc(-c2ccccc2F)nc2cc(NC(=O)c3ccccc3)ccc12. The fourth-order valence-corrected chi connectivity index (χ4v) is 2.95. The van der Waals surface area contributed by atoms with E-state index in [1.165, 1.54) is 6.07 Å². The maximum absolute atomic E-state index is 14.2. The van der Waals surface area contributed by atoms with Gasteiger partial charge in [0, 0.05) is 23.7 Å². The Morgan fingerprint density at radius 3 is 2.43 bits per heavy atom. The van der Waals surface area contributed by atoms with E-state index in [2.05, 4.69) is 20.6 Å². The van der Waals surface area contributed by atoms with Gasteiger partial charge in [-0.15, -0.1) is 0 Å². The second-order valence-electron chi connectivity index (χ2n) is 6.18. The van der Waals surface area contributed by atoms with Gasteiger partial charge in [0.05, 0.1) is 11.1 Å². The normalized spacial score (nSPS) is 10.6. The molecule has 0 saturated carbocycles. The van der Waals surface area contributed by atoms with Gasteiger partial charge in [-0.3, -0.25) is 4.79 Å². The van der Waals surface area contributed by atoms with Crippen molar-refractivity contribution in [1.82, 2.24) is 9.97 Å². The van der Waals surface area contributed by atoms with E-state index in [9.17, 15) is 9.18 Å². The number of hydrogen-bond donors (Lipinski definition) is 2. The topological polar surface area (TPSA) is 66.9 Å². The van der Waals surface area contributed by atoms with Crippen LogP contribution in [0.4, 0.5) is 15.9 Å². The Bertz CT molecular complexity index is 1160. The predicted octanol–water partition coefficient (Wildman–Crippen LogP) is 4.73. The number of carbonyl (C=O) groups excluding carboxylic acids is 1. The minimum Gasteiger partial charge on any atom is -0.373 e. The van der Waals surface area contributed by atoms with Crippen LogP contribution < -0.4 is 10.6 Å². The minimum atomic E-state index is -0.391. The Balaban J connectivity index is 1.76. The lowest BCUT2D eigenvalue weighted by Crippen LogP contribution is -2.11. The zero-order chi connectivity index (χ0) is 19.5. The molecule has 0 bridgehead atoms. The van der Waals surface area contributed by atoms with Crippen molar-refractivity contribution in [3.05, 3.63) is 84.2 Å². The van der Waals surface area contributed by atoms with Gasteiger partial charge in [-0.2, -0.15) is 0 Å². The van der Waals surface area contributed by atoms with Crippen LogP contribution in [0.15, 0.2) is 72.8 Å². The number of nitrogens with one attached hydrogen (secondary N) is 2. The van der Waals surface area contributed by atoms with Crippen molar-refractivity contribution in [2.45, 2.75) is 0 Å². The van der Waals surface area contributed by atoms with Gasteiger partial charge in [0.1, 0.15) is 11.6 Å².